The lowest BCUT2D eigenvalue weighted by Gasteiger charge is -2.38. The van der Waals surface area contributed by atoms with Crippen molar-refractivity contribution >= 4 is 28.9 Å². The molecule has 0 aliphatic heterocycles. The molecule has 0 atom stereocenters. The van der Waals surface area contributed by atoms with E-state index >= 15 is 0 Å². The van der Waals surface area contributed by atoms with E-state index in [-0.39, 0.29) is 23.8 Å². The predicted octanol–water partition coefficient (Wildman–Crippen LogP) is 6.22. The standard InChI is InChI=1S/C25H31NO3S/c1-17-7-9-19(10-8-17)24(27)26(21-13-11-20(12-14-21)25(28)29)22-15-23(30-16-22)18-5-3-2-4-6-18/h2-6,15-17,19-21H,7-14H2,1H3,(H,28,29). The number of amides is 1. The van der Waals surface area contributed by atoms with E-state index in [2.05, 4.69) is 30.5 Å². The molecule has 0 bridgehead atoms. The topological polar surface area (TPSA) is 57.6 Å². The Morgan fingerprint density at radius 2 is 1.57 bits per heavy atom. The maximum atomic E-state index is 13.7. The molecule has 0 saturated heterocycles. The first kappa shape index (κ1) is 21.1. The van der Waals surface area contributed by atoms with Crippen LogP contribution >= 0.6 is 11.3 Å². The van der Waals surface area contributed by atoms with Crippen molar-refractivity contribution in [3.05, 3.63) is 41.8 Å². The Hall–Kier alpha value is -2.14. The van der Waals surface area contributed by atoms with Gasteiger partial charge in [0.2, 0.25) is 5.91 Å². The van der Waals surface area contributed by atoms with E-state index in [4.69, 9.17) is 0 Å². The second-order valence-electron chi connectivity index (χ2n) is 9.04. The first-order valence-electron chi connectivity index (χ1n) is 11.2. The predicted molar refractivity (Wildman–Crippen MR) is 122 cm³/mol. The van der Waals surface area contributed by atoms with Gasteiger partial charge in [-0.3, -0.25) is 9.59 Å². The number of hydrogen-bond donors (Lipinski definition) is 1. The van der Waals surface area contributed by atoms with Crippen molar-refractivity contribution in [2.24, 2.45) is 17.8 Å². The van der Waals surface area contributed by atoms with Crippen molar-refractivity contribution < 1.29 is 14.7 Å². The quantitative estimate of drug-likeness (QED) is 0.619. The van der Waals surface area contributed by atoms with Crippen LogP contribution in [0.4, 0.5) is 5.69 Å². The van der Waals surface area contributed by atoms with E-state index < -0.39 is 5.97 Å². The van der Waals surface area contributed by atoms with Gasteiger partial charge >= 0.3 is 5.97 Å². The van der Waals surface area contributed by atoms with E-state index in [9.17, 15) is 14.7 Å². The van der Waals surface area contributed by atoms with Gasteiger partial charge in [0.05, 0.1) is 11.6 Å². The fraction of sp³-hybridized carbons (Fsp3) is 0.520. The van der Waals surface area contributed by atoms with E-state index in [1.807, 2.05) is 23.1 Å². The maximum Gasteiger partial charge on any atom is 0.306 e. The normalized spacial score (nSPS) is 26.8. The minimum absolute atomic E-state index is 0.0958. The molecular weight excluding hydrogens is 394 g/mol. The van der Waals surface area contributed by atoms with Crippen molar-refractivity contribution in [3.8, 4) is 10.4 Å². The first-order valence-corrected chi connectivity index (χ1v) is 12.1. The summed E-state index contributed by atoms with van der Waals surface area (Å²) in [6.45, 7) is 2.27. The SMILES string of the molecule is CC1CCC(C(=O)N(c2csc(-c3ccccc3)c2)C2CCC(C(=O)O)CC2)CC1. The van der Waals surface area contributed by atoms with E-state index in [0.717, 1.165) is 44.2 Å². The third-order valence-corrected chi connectivity index (χ3v) is 7.90. The summed E-state index contributed by atoms with van der Waals surface area (Å²) < 4.78 is 0. The summed E-state index contributed by atoms with van der Waals surface area (Å²) >= 11 is 1.68. The Morgan fingerprint density at radius 3 is 2.20 bits per heavy atom. The molecule has 160 valence electrons. The Labute approximate surface area is 182 Å². The van der Waals surface area contributed by atoms with Gasteiger partial charge in [-0.2, -0.15) is 0 Å². The highest BCUT2D eigenvalue weighted by Crippen LogP contribution is 2.39. The molecule has 2 fully saturated rings. The minimum Gasteiger partial charge on any atom is -0.481 e. The van der Waals surface area contributed by atoms with Crippen LogP contribution in [0.5, 0.6) is 0 Å². The number of carboxylic acids is 1. The molecule has 2 aromatic rings. The molecule has 2 aliphatic rings. The van der Waals surface area contributed by atoms with Crippen LogP contribution in [0, 0.1) is 17.8 Å². The van der Waals surface area contributed by atoms with E-state index in [0.29, 0.717) is 18.8 Å². The molecule has 4 rings (SSSR count). The summed E-state index contributed by atoms with van der Waals surface area (Å²) in [6, 6.07) is 12.5. The molecule has 30 heavy (non-hydrogen) atoms. The van der Waals surface area contributed by atoms with Gasteiger partial charge < -0.3 is 10.0 Å². The minimum atomic E-state index is -0.700. The van der Waals surface area contributed by atoms with Crippen LogP contribution in [-0.2, 0) is 9.59 Å². The average Bonchev–Trinajstić information content (AvgIpc) is 3.25. The van der Waals surface area contributed by atoms with Crippen LogP contribution in [0.25, 0.3) is 10.4 Å². The van der Waals surface area contributed by atoms with Crippen LogP contribution in [-0.4, -0.2) is 23.0 Å². The van der Waals surface area contributed by atoms with Crippen molar-refractivity contribution in [1.29, 1.82) is 0 Å². The van der Waals surface area contributed by atoms with Gasteiger partial charge in [0.25, 0.3) is 0 Å². The zero-order chi connectivity index (χ0) is 21.1. The highest BCUT2D eigenvalue weighted by Gasteiger charge is 2.36. The number of anilines is 1. The Bertz CT molecular complexity index is 862. The fourth-order valence-electron chi connectivity index (χ4n) is 5.01. The number of nitrogens with zero attached hydrogens (tertiary/aromatic N) is 1. The van der Waals surface area contributed by atoms with Crippen molar-refractivity contribution in [1.82, 2.24) is 0 Å². The number of rotatable bonds is 5. The molecule has 0 spiro atoms. The van der Waals surface area contributed by atoms with Gasteiger partial charge in [0, 0.05) is 22.2 Å². The third kappa shape index (κ3) is 4.61. The number of hydrogen-bond acceptors (Lipinski definition) is 3. The van der Waals surface area contributed by atoms with Crippen LogP contribution in [0.2, 0.25) is 0 Å². The second-order valence-corrected chi connectivity index (χ2v) is 9.96. The fourth-order valence-corrected chi connectivity index (χ4v) is 5.90. The molecule has 1 aromatic heterocycles. The summed E-state index contributed by atoms with van der Waals surface area (Å²) in [4.78, 5) is 28.3. The summed E-state index contributed by atoms with van der Waals surface area (Å²) in [5.41, 5.74) is 2.16. The van der Waals surface area contributed by atoms with Crippen molar-refractivity contribution in [3.63, 3.8) is 0 Å². The molecular formula is C25H31NO3S. The van der Waals surface area contributed by atoms with Crippen molar-refractivity contribution in [2.75, 3.05) is 4.90 Å². The molecule has 0 unspecified atom stereocenters. The van der Waals surface area contributed by atoms with Gasteiger partial charge in [0.1, 0.15) is 0 Å². The zero-order valence-corrected chi connectivity index (χ0v) is 18.4. The van der Waals surface area contributed by atoms with Crippen LogP contribution in [0.15, 0.2) is 41.8 Å². The number of benzene rings is 1. The lowest BCUT2D eigenvalue weighted by Crippen LogP contribution is -2.46. The van der Waals surface area contributed by atoms with Crippen molar-refractivity contribution in [2.45, 2.75) is 64.3 Å². The largest absolute Gasteiger partial charge is 0.481 e. The lowest BCUT2D eigenvalue weighted by molar-refractivity contribution is -0.142. The summed E-state index contributed by atoms with van der Waals surface area (Å²) in [5.74, 6) is 0.0847. The molecule has 0 radical (unpaired) electrons. The van der Waals surface area contributed by atoms with Crippen LogP contribution < -0.4 is 4.90 Å². The molecule has 1 amide bonds. The molecule has 1 heterocycles. The third-order valence-electron chi connectivity index (χ3n) is 6.94. The highest BCUT2D eigenvalue weighted by atomic mass is 32.1. The first-order chi connectivity index (χ1) is 14.5. The molecule has 1 aromatic carbocycles. The van der Waals surface area contributed by atoms with Gasteiger partial charge in [-0.25, -0.2) is 0 Å². The Kier molecular flexibility index (Phi) is 6.57. The smallest absolute Gasteiger partial charge is 0.306 e. The van der Waals surface area contributed by atoms with E-state index in [1.54, 1.807) is 11.3 Å². The highest BCUT2D eigenvalue weighted by molar-refractivity contribution is 7.14. The van der Waals surface area contributed by atoms with Gasteiger partial charge in [-0.15, -0.1) is 11.3 Å². The molecule has 4 nitrogen and oxygen atoms in total. The molecule has 5 heteroatoms. The number of carboxylic acid groups (broad SMARTS) is 1. The number of aliphatic carboxylic acids is 1. The zero-order valence-electron chi connectivity index (χ0n) is 17.6. The van der Waals surface area contributed by atoms with E-state index in [1.165, 1.54) is 10.4 Å². The van der Waals surface area contributed by atoms with Gasteiger partial charge in [-0.1, -0.05) is 37.3 Å². The number of carbonyl (C=O) groups is 2. The number of carbonyl (C=O) groups excluding carboxylic acids is 1. The Balaban J connectivity index is 1.58. The molecule has 2 saturated carbocycles. The van der Waals surface area contributed by atoms with Crippen LogP contribution in [0.1, 0.15) is 58.3 Å². The maximum absolute atomic E-state index is 13.7. The summed E-state index contributed by atoms with van der Waals surface area (Å²) in [5, 5.41) is 11.5. The number of thiophene rings is 1. The van der Waals surface area contributed by atoms with Gasteiger partial charge in [-0.05, 0) is 68.9 Å². The molecule has 2 aliphatic carbocycles. The summed E-state index contributed by atoms with van der Waals surface area (Å²) in [7, 11) is 0. The summed E-state index contributed by atoms with van der Waals surface area (Å²) in [6.07, 6.45) is 7.02. The van der Waals surface area contributed by atoms with Gasteiger partial charge in [0.15, 0.2) is 0 Å². The lowest BCUT2D eigenvalue weighted by atomic mass is 9.81. The molecule has 1 N–H and O–H groups in total. The monoisotopic (exact) mass is 425 g/mol. The van der Waals surface area contributed by atoms with Crippen LogP contribution in [0.3, 0.4) is 0 Å². The second kappa shape index (κ2) is 9.34. The Morgan fingerprint density at radius 1 is 0.933 bits per heavy atom. The average molecular weight is 426 g/mol.